The molecule has 0 aliphatic carbocycles. The maximum atomic E-state index is 12.2. The van der Waals surface area contributed by atoms with Gasteiger partial charge in [-0.2, -0.15) is 0 Å². The molecule has 2 aromatic heterocycles. The Hall–Kier alpha value is -2.28. The standard InChI is InChI=1S/C15H18N4O3/c1-11(12-4-3-6-16-8-12)19-9-13(17-18-19)15(14(20)21-2)5-7-22-10-15/h3-4,6,8-9,11H,5,7,10H2,1-2H3/t11-,15?/m1/s1. The Labute approximate surface area is 128 Å². The van der Waals surface area contributed by atoms with Crippen LogP contribution < -0.4 is 0 Å². The van der Waals surface area contributed by atoms with Crippen molar-refractivity contribution in [2.24, 2.45) is 0 Å². The second-order valence-corrected chi connectivity index (χ2v) is 5.42. The summed E-state index contributed by atoms with van der Waals surface area (Å²) in [6.45, 7) is 2.80. The van der Waals surface area contributed by atoms with E-state index in [2.05, 4.69) is 15.3 Å². The quantitative estimate of drug-likeness (QED) is 0.787. The van der Waals surface area contributed by atoms with E-state index < -0.39 is 5.41 Å². The van der Waals surface area contributed by atoms with Gasteiger partial charge in [0.25, 0.3) is 0 Å². The maximum absolute atomic E-state index is 12.2. The van der Waals surface area contributed by atoms with Gasteiger partial charge in [-0.05, 0) is 25.0 Å². The van der Waals surface area contributed by atoms with Crippen LogP contribution in [0, 0.1) is 0 Å². The highest BCUT2D eigenvalue weighted by Gasteiger charge is 2.47. The first-order chi connectivity index (χ1) is 10.7. The Morgan fingerprint density at radius 3 is 3.05 bits per heavy atom. The molecule has 1 saturated heterocycles. The molecule has 0 amide bonds. The van der Waals surface area contributed by atoms with Gasteiger partial charge in [-0.15, -0.1) is 5.10 Å². The van der Waals surface area contributed by atoms with Crippen LogP contribution in [0.1, 0.15) is 30.6 Å². The molecule has 1 fully saturated rings. The second-order valence-electron chi connectivity index (χ2n) is 5.42. The molecule has 22 heavy (non-hydrogen) atoms. The van der Waals surface area contributed by atoms with E-state index in [-0.39, 0.29) is 18.6 Å². The molecule has 0 N–H and O–H groups in total. The van der Waals surface area contributed by atoms with Crippen LogP contribution in [0.15, 0.2) is 30.7 Å². The second kappa shape index (κ2) is 5.84. The van der Waals surface area contributed by atoms with Crippen molar-refractivity contribution in [3.05, 3.63) is 42.0 Å². The van der Waals surface area contributed by atoms with Crippen LogP contribution >= 0.6 is 0 Å². The lowest BCUT2D eigenvalue weighted by atomic mass is 9.84. The van der Waals surface area contributed by atoms with Gasteiger partial charge in [0.2, 0.25) is 0 Å². The Kier molecular flexibility index (Phi) is 3.89. The van der Waals surface area contributed by atoms with Crippen LogP contribution in [-0.2, 0) is 19.7 Å². The topological polar surface area (TPSA) is 79.1 Å². The highest BCUT2D eigenvalue weighted by molar-refractivity contribution is 5.83. The fourth-order valence-electron chi connectivity index (χ4n) is 2.69. The van der Waals surface area contributed by atoms with Gasteiger partial charge in [0, 0.05) is 19.0 Å². The molecule has 7 heteroatoms. The van der Waals surface area contributed by atoms with Gasteiger partial charge in [-0.3, -0.25) is 9.78 Å². The van der Waals surface area contributed by atoms with Crippen LogP contribution in [0.25, 0.3) is 0 Å². The number of carbonyl (C=O) groups excluding carboxylic acids is 1. The lowest BCUT2D eigenvalue weighted by Gasteiger charge is -2.21. The maximum Gasteiger partial charge on any atom is 0.320 e. The monoisotopic (exact) mass is 302 g/mol. The summed E-state index contributed by atoms with van der Waals surface area (Å²) in [7, 11) is 1.38. The molecule has 0 aromatic carbocycles. The van der Waals surface area contributed by atoms with E-state index in [1.807, 2.05) is 19.1 Å². The van der Waals surface area contributed by atoms with Crippen molar-refractivity contribution in [1.82, 2.24) is 20.0 Å². The van der Waals surface area contributed by atoms with Crippen molar-refractivity contribution >= 4 is 5.97 Å². The molecule has 1 aliphatic heterocycles. The molecule has 1 aliphatic rings. The van der Waals surface area contributed by atoms with Gasteiger partial charge in [0.1, 0.15) is 11.1 Å². The highest BCUT2D eigenvalue weighted by Crippen LogP contribution is 2.33. The number of pyridine rings is 1. The summed E-state index contributed by atoms with van der Waals surface area (Å²) in [6, 6.07) is 3.84. The molecule has 1 unspecified atom stereocenters. The summed E-state index contributed by atoms with van der Waals surface area (Å²) in [6.07, 6.45) is 5.87. The van der Waals surface area contributed by atoms with Crippen molar-refractivity contribution in [3.63, 3.8) is 0 Å². The van der Waals surface area contributed by atoms with Crippen molar-refractivity contribution < 1.29 is 14.3 Å². The highest BCUT2D eigenvalue weighted by atomic mass is 16.5. The predicted molar refractivity (Wildman–Crippen MR) is 77.2 cm³/mol. The van der Waals surface area contributed by atoms with Gasteiger partial charge < -0.3 is 9.47 Å². The average Bonchev–Trinajstić information content (AvgIpc) is 3.24. The van der Waals surface area contributed by atoms with Crippen LogP contribution in [0.2, 0.25) is 0 Å². The van der Waals surface area contributed by atoms with Crippen molar-refractivity contribution in [3.8, 4) is 0 Å². The first-order valence-corrected chi connectivity index (χ1v) is 7.16. The van der Waals surface area contributed by atoms with Crippen LogP contribution in [0.4, 0.5) is 0 Å². The normalized spacial score (nSPS) is 22.5. The third-order valence-electron chi connectivity index (χ3n) is 4.16. The molecule has 0 bridgehead atoms. The van der Waals surface area contributed by atoms with E-state index in [1.54, 1.807) is 23.3 Å². The Morgan fingerprint density at radius 2 is 2.41 bits per heavy atom. The fraction of sp³-hybridized carbons (Fsp3) is 0.467. The fourth-order valence-corrected chi connectivity index (χ4v) is 2.69. The van der Waals surface area contributed by atoms with E-state index >= 15 is 0 Å². The van der Waals surface area contributed by atoms with Crippen LogP contribution in [0.5, 0.6) is 0 Å². The van der Waals surface area contributed by atoms with Gasteiger partial charge in [-0.1, -0.05) is 11.3 Å². The smallest absolute Gasteiger partial charge is 0.320 e. The summed E-state index contributed by atoms with van der Waals surface area (Å²) >= 11 is 0. The summed E-state index contributed by atoms with van der Waals surface area (Å²) in [4.78, 5) is 16.3. The average molecular weight is 302 g/mol. The van der Waals surface area contributed by atoms with E-state index in [1.165, 1.54) is 7.11 Å². The number of carbonyl (C=O) groups is 1. The largest absolute Gasteiger partial charge is 0.468 e. The third-order valence-corrected chi connectivity index (χ3v) is 4.16. The lowest BCUT2D eigenvalue weighted by molar-refractivity contribution is -0.147. The number of methoxy groups -OCH3 is 1. The molecule has 2 atom stereocenters. The first kappa shape index (κ1) is 14.6. The molecular formula is C15H18N4O3. The zero-order chi connectivity index (χ0) is 15.6. The molecule has 0 saturated carbocycles. The molecule has 2 aromatic rings. The van der Waals surface area contributed by atoms with Gasteiger partial charge >= 0.3 is 5.97 Å². The molecule has 7 nitrogen and oxygen atoms in total. The molecule has 3 rings (SSSR count). The number of ether oxygens (including phenoxy) is 2. The minimum Gasteiger partial charge on any atom is -0.468 e. The van der Waals surface area contributed by atoms with E-state index in [4.69, 9.17) is 9.47 Å². The van der Waals surface area contributed by atoms with Crippen molar-refractivity contribution in [1.29, 1.82) is 0 Å². The molecular weight excluding hydrogens is 284 g/mol. The number of aromatic nitrogens is 4. The Bertz CT molecular complexity index is 650. The minimum absolute atomic E-state index is 0.0213. The van der Waals surface area contributed by atoms with Crippen molar-refractivity contribution in [2.75, 3.05) is 20.3 Å². The van der Waals surface area contributed by atoms with E-state index in [0.29, 0.717) is 18.7 Å². The summed E-state index contributed by atoms with van der Waals surface area (Å²) < 4.78 is 12.1. The third kappa shape index (κ3) is 2.37. The zero-order valence-corrected chi connectivity index (χ0v) is 12.6. The Balaban J connectivity index is 1.91. The number of rotatable bonds is 4. The summed E-state index contributed by atoms with van der Waals surface area (Å²) in [5.41, 5.74) is 0.767. The van der Waals surface area contributed by atoms with Crippen molar-refractivity contribution in [2.45, 2.75) is 24.8 Å². The summed E-state index contributed by atoms with van der Waals surface area (Å²) in [5.74, 6) is -0.328. The first-order valence-electron chi connectivity index (χ1n) is 7.16. The van der Waals surface area contributed by atoms with Gasteiger partial charge in [0.15, 0.2) is 0 Å². The number of hydrogen-bond acceptors (Lipinski definition) is 6. The van der Waals surface area contributed by atoms with Gasteiger partial charge in [-0.25, -0.2) is 4.68 Å². The molecule has 116 valence electrons. The Morgan fingerprint density at radius 1 is 1.55 bits per heavy atom. The number of nitrogens with zero attached hydrogens (tertiary/aromatic N) is 4. The summed E-state index contributed by atoms with van der Waals surface area (Å²) in [5, 5.41) is 8.37. The van der Waals surface area contributed by atoms with E-state index in [0.717, 1.165) is 5.56 Å². The lowest BCUT2D eigenvalue weighted by Crippen LogP contribution is -2.38. The number of hydrogen-bond donors (Lipinski definition) is 0. The van der Waals surface area contributed by atoms with Gasteiger partial charge in [0.05, 0.1) is 26.0 Å². The number of esters is 1. The zero-order valence-electron chi connectivity index (χ0n) is 12.6. The van der Waals surface area contributed by atoms with Crippen LogP contribution in [-0.4, -0.2) is 46.3 Å². The minimum atomic E-state index is -0.846. The predicted octanol–water partition coefficient (Wildman–Crippen LogP) is 1.11. The molecule has 3 heterocycles. The van der Waals surface area contributed by atoms with Crippen LogP contribution in [0.3, 0.4) is 0 Å². The molecule has 0 spiro atoms. The molecule has 0 radical (unpaired) electrons. The van der Waals surface area contributed by atoms with E-state index in [9.17, 15) is 4.79 Å². The SMILES string of the molecule is COC(=O)C1(c2cn([C@H](C)c3cccnc3)nn2)CCOC1.